The first kappa shape index (κ1) is 19.8. The molecule has 0 saturated carbocycles. The molecule has 0 atom stereocenters. The predicted octanol–water partition coefficient (Wildman–Crippen LogP) is 4.40. The lowest BCUT2D eigenvalue weighted by Gasteiger charge is -2.12. The van der Waals surface area contributed by atoms with Crippen LogP contribution in [0.15, 0.2) is 40.0 Å². The van der Waals surface area contributed by atoms with Crippen LogP contribution in [0.4, 0.5) is 5.69 Å². The highest BCUT2D eigenvalue weighted by molar-refractivity contribution is 7.92. The van der Waals surface area contributed by atoms with Gasteiger partial charge in [-0.2, -0.15) is 0 Å². The van der Waals surface area contributed by atoms with E-state index in [9.17, 15) is 13.2 Å². The van der Waals surface area contributed by atoms with Gasteiger partial charge < -0.3 is 0 Å². The number of aromatic nitrogens is 2. The van der Waals surface area contributed by atoms with Gasteiger partial charge in [-0.3, -0.25) is 19.3 Å². The van der Waals surface area contributed by atoms with E-state index in [4.69, 9.17) is 23.2 Å². The third-order valence-corrected chi connectivity index (χ3v) is 6.32. The molecule has 2 N–H and O–H groups in total. The van der Waals surface area contributed by atoms with Gasteiger partial charge in [0.05, 0.1) is 15.9 Å². The Labute approximate surface area is 167 Å². The van der Waals surface area contributed by atoms with Crippen LogP contribution in [0.3, 0.4) is 0 Å². The second kappa shape index (κ2) is 7.22. The zero-order chi connectivity index (χ0) is 19.9. The summed E-state index contributed by atoms with van der Waals surface area (Å²) in [6.07, 6.45) is 0. The Hall–Kier alpha value is -1.96. The molecule has 0 fully saturated rings. The molecule has 6 nitrogen and oxygen atoms in total. The Kier molecular flexibility index (Phi) is 5.29. The number of fused-ring (bicyclic) bond motifs is 1. The molecule has 0 bridgehead atoms. The molecule has 1 aromatic heterocycles. The highest BCUT2D eigenvalue weighted by Gasteiger charge is 2.20. The van der Waals surface area contributed by atoms with Crippen molar-refractivity contribution in [3.05, 3.63) is 56.3 Å². The van der Waals surface area contributed by atoms with E-state index in [0.29, 0.717) is 28.4 Å². The van der Waals surface area contributed by atoms with Gasteiger partial charge in [0.1, 0.15) is 4.90 Å². The van der Waals surface area contributed by atoms with Crippen molar-refractivity contribution in [2.24, 2.45) is 5.92 Å². The Morgan fingerprint density at radius 3 is 2.52 bits per heavy atom. The highest BCUT2D eigenvalue weighted by Crippen LogP contribution is 2.30. The van der Waals surface area contributed by atoms with E-state index in [1.165, 1.54) is 18.2 Å². The van der Waals surface area contributed by atoms with Crippen molar-refractivity contribution in [1.82, 2.24) is 9.78 Å². The number of anilines is 1. The largest absolute Gasteiger partial charge is 0.284 e. The maximum atomic E-state index is 12.7. The summed E-state index contributed by atoms with van der Waals surface area (Å²) in [6.45, 7) is 6.44. The van der Waals surface area contributed by atoms with Crippen LogP contribution in [0.5, 0.6) is 0 Å². The number of hydrogen-bond donors (Lipinski definition) is 2. The molecular formula is C18H19Cl2N3O3S. The molecule has 144 valence electrons. The van der Waals surface area contributed by atoms with Crippen LogP contribution in [0.25, 0.3) is 10.9 Å². The minimum atomic E-state index is -3.94. The number of rotatable bonds is 5. The molecule has 3 aromatic rings. The maximum Gasteiger partial charge on any atom is 0.272 e. The predicted molar refractivity (Wildman–Crippen MR) is 109 cm³/mol. The van der Waals surface area contributed by atoms with Crippen molar-refractivity contribution in [2.45, 2.75) is 32.2 Å². The first-order valence-electron chi connectivity index (χ1n) is 8.29. The Balaban J connectivity index is 2.00. The number of hydrogen-bond acceptors (Lipinski definition) is 3. The average Bonchev–Trinajstić information content (AvgIpc) is 2.85. The van der Waals surface area contributed by atoms with Crippen molar-refractivity contribution in [1.29, 1.82) is 0 Å². The van der Waals surface area contributed by atoms with Crippen LogP contribution in [0.1, 0.15) is 19.4 Å². The van der Waals surface area contributed by atoms with Gasteiger partial charge in [-0.15, -0.1) is 0 Å². The van der Waals surface area contributed by atoms with Crippen LogP contribution in [-0.4, -0.2) is 18.2 Å². The molecular weight excluding hydrogens is 409 g/mol. The molecule has 0 spiro atoms. The quantitative estimate of drug-likeness (QED) is 0.632. The van der Waals surface area contributed by atoms with E-state index in [-0.39, 0.29) is 21.2 Å². The first-order valence-corrected chi connectivity index (χ1v) is 10.5. The number of aromatic amines is 1. The fraction of sp³-hybridized carbons (Fsp3) is 0.278. The minimum Gasteiger partial charge on any atom is -0.284 e. The second-order valence-corrected chi connectivity index (χ2v) is 9.28. The number of aryl methyl sites for hydroxylation is 1. The Morgan fingerprint density at radius 1 is 1.15 bits per heavy atom. The summed E-state index contributed by atoms with van der Waals surface area (Å²) in [5.41, 5.74) is 1.32. The number of H-pyrrole nitrogens is 1. The zero-order valence-electron chi connectivity index (χ0n) is 15.0. The molecule has 27 heavy (non-hydrogen) atoms. The zero-order valence-corrected chi connectivity index (χ0v) is 17.3. The van der Waals surface area contributed by atoms with E-state index in [2.05, 4.69) is 9.82 Å². The Morgan fingerprint density at radius 2 is 1.85 bits per heavy atom. The summed E-state index contributed by atoms with van der Waals surface area (Å²) < 4.78 is 29.7. The summed E-state index contributed by atoms with van der Waals surface area (Å²) in [5.74, 6) is 0.352. The van der Waals surface area contributed by atoms with E-state index in [0.717, 1.165) is 5.52 Å². The lowest BCUT2D eigenvalue weighted by molar-refractivity contribution is 0.492. The number of halogens is 2. The standard InChI is InChI=1S/C18H19Cl2N3O3S/c1-10(2)9-23-16-5-4-12(7-13(16)18(24)21-23)22-27(25,26)17-6-11(3)14(19)8-15(17)20/h4-8,10,22H,9H2,1-3H3,(H,21,24). The lowest BCUT2D eigenvalue weighted by Crippen LogP contribution is -2.14. The van der Waals surface area contributed by atoms with Gasteiger partial charge in [0.2, 0.25) is 0 Å². The molecule has 0 amide bonds. The molecule has 1 heterocycles. The van der Waals surface area contributed by atoms with Gasteiger partial charge in [0.25, 0.3) is 15.6 Å². The smallest absolute Gasteiger partial charge is 0.272 e. The molecule has 0 saturated heterocycles. The lowest BCUT2D eigenvalue weighted by atomic mass is 10.2. The first-order chi connectivity index (χ1) is 12.6. The third kappa shape index (κ3) is 4.00. The van der Waals surface area contributed by atoms with E-state index in [1.807, 2.05) is 13.8 Å². The molecule has 3 rings (SSSR count). The summed E-state index contributed by atoms with van der Waals surface area (Å²) in [6, 6.07) is 7.65. The van der Waals surface area contributed by atoms with Gasteiger partial charge in [0, 0.05) is 17.3 Å². The van der Waals surface area contributed by atoms with Crippen molar-refractivity contribution < 1.29 is 8.42 Å². The van der Waals surface area contributed by atoms with Crippen molar-refractivity contribution in [3.8, 4) is 0 Å². The summed E-state index contributed by atoms with van der Waals surface area (Å²) >= 11 is 12.0. The van der Waals surface area contributed by atoms with Crippen molar-refractivity contribution >= 4 is 49.8 Å². The van der Waals surface area contributed by atoms with E-state index >= 15 is 0 Å². The molecule has 0 radical (unpaired) electrons. The summed E-state index contributed by atoms with van der Waals surface area (Å²) in [5, 5.41) is 3.60. The van der Waals surface area contributed by atoms with Crippen LogP contribution in [0, 0.1) is 12.8 Å². The topological polar surface area (TPSA) is 84.0 Å². The van der Waals surface area contributed by atoms with Gasteiger partial charge in [-0.05, 0) is 48.7 Å². The number of nitrogens with zero attached hydrogens (tertiary/aromatic N) is 1. The average molecular weight is 428 g/mol. The SMILES string of the molecule is Cc1cc(S(=O)(=O)Nc2ccc3c(c2)c(=O)[nH]n3CC(C)C)c(Cl)cc1Cl. The summed E-state index contributed by atoms with van der Waals surface area (Å²) in [7, 11) is -3.94. The molecule has 0 aliphatic heterocycles. The number of nitrogens with one attached hydrogen (secondary N) is 2. The normalized spacial score (nSPS) is 12.1. The Bertz CT molecular complexity index is 1180. The van der Waals surface area contributed by atoms with Crippen molar-refractivity contribution in [3.63, 3.8) is 0 Å². The van der Waals surface area contributed by atoms with Crippen LogP contribution < -0.4 is 10.3 Å². The third-order valence-electron chi connectivity index (χ3n) is 4.07. The van der Waals surface area contributed by atoms with Gasteiger partial charge >= 0.3 is 0 Å². The maximum absolute atomic E-state index is 12.7. The van der Waals surface area contributed by atoms with Gasteiger partial charge in [-0.25, -0.2) is 8.42 Å². The van der Waals surface area contributed by atoms with Crippen molar-refractivity contribution in [2.75, 3.05) is 4.72 Å². The number of benzene rings is 2. The molecule has 0 aliphatic carbocycles. The highest BCUT2D eigenvalue weighted by atomic mass is 35.5. The monoisotopic (exact) mass is 427 g/mol. The van der Waals surface area contributed by atoms with Gasteiger partial charge in [-0.1, -0.05) is 37.0 Å². The van der Waals surface area contributed by atoms with Crippen LogP contribution in [-0.2, 0) is 16.6 Å². The molecule has 0 aliphatic rings. The number of sulfonamides is 1. The fourth-order valence-electron chi connectivity index (χ4n) is 2.82. The minimum absolute atomic E-state index is 0.0279. The van der Waals surface area contributed by atoms with E-state index in [1.54, 1.807) is 23.7 Å². The van der Waals surface area contributed by atoms with Gasteiger partial charge in [0.15, 0.2) is 0 Å². The molecule has 9 heteroatoms. The van der Waals surface area contributed by atoms with Crippen LogP contribution in [0.2, 0.25) is 10.0 Å². The molecule has 0 unspecified atom stereocenters. The van der Waals surface area contributed by atoms with Crippen LogP contribution >= 0.6 is 23.2 Å². The fourth-order valence-corrected chi connectivity index (χ4v) is 4.70. The molecule has 2 aromatic carbocycles. The second-order valence-electron chi connectivity index (χ2n) is 6.81. The van der Waals surface area contributed by atoms with E-state index < -0.39 is 10.0 Å². The summed E-state index contributed by atoms with van der Waals surface area (Å²) in [4.78, 5) is 12.1.